The first-order chi connectivity index (χ1) is 7.82. The quantitative estimate of drug-likeness (QED) is 0.430. The molecule has 2 atom stereocenters. The third-order valence-electron chi connectivity index (χ3n) is 3.88. The van der Waals surface area contributed by atoms with Crippen LogP contribution in [0.3, 0.4) is 0 Å². The van der Waals surface area contributed by atoms with Crippen molar-refractivity contribution in [3.05, 3.63) is 46.6 Å². The van der Waals surface area contributed by atoms with Gasteiger partial charge in [0.1, 0.15) is 0 Å². The fourth-order valence-corrected chi connectivity index (χ4v) is 3.17. The van der Waals surface area contributed by atoms with E-state index in [0.717, 1.165) is 0 Å². The molecule has 3 heteroatoms. The molecular formula is C17H22Cl2Ti. The maximum atomic E-state index is 3.49. The Bertz CT molecular complexity index is 425. The zero-order valence-corrected chi connectivity index (χ0v) is 16.1. The van der Waals surface area contributed by atoms with Crippen LogP contribution in [0.15, 0.2) is 34.4 Å². The predicted octanol–water partition coefficient (Wildman–Crippen LogP) is -1.33. The summed E-state index contributed by atoms with van der Waals surface area (Å²) in [5.41, 5.74) is 5.59. The molecule has 108 valence electrons. The Labute approximate surface area is 151 Å². The van der Waals surface area contributed by atoms with E-state index in [9.17, 15) is 0 Å². The van der Waals surface area contributed by atoms with Crippen LogP contribution in [-0.4, -0.2) is 0 Å². The standard InChI is InChI=1S/C17H22.2ClH.Ti/c1-11-7-13(3)15(9-11)17(5,6)16-10-12(2)8-14(16)4;;;/h9-12H,1-6H3;2*1H;/q-2;;;+4/p-2. The van der Waals surface area contributed by atoms with E-state index in [1.165, 1.54) is 22.3 Å². The molecular weight excluding hydrogens is 323 g/mol. The van der Waals surface area contributed by atoms with Crippen LogP contribution < -0.4 is 24.8 Å². The molecule has 0 saturated heterocycles. The van der Waals surface area contributed by atoms with Crippen molar-refractivity contribution >= 4 is 0 Å². The molecule has 0 spiro atoms. The Kier molecular flexibility index (Phi) is 9.06. The Morgan fingerprint density at radius 3 is 1.35 bits per heavy atom. The third-order valence-corrected chi connectivity index (χ3v) is 3.88. The largest absolute Gasteiger partial charge is 4.00 e. The molecule has 0 aromatic heterocycles. The summed E-state index contributed by atoms with van der Waals surface area (Å²) in [4.78, 5) is 0. The van der Waals surface area contributed by atoms with E-state index in [0.29, 0.717) is 11.8 Å². The van der Waals surface area contributed by atoms with Gasteiger partial charge in [-0.2, -0.15) is 12.2 Å². The van der Waals surface area contributed by atoms with Gasteiger partial charge in [0, 0.05) is 0 Å². The van der Waals surface area contributed by atoms with Crippen LogP contribution in [0.5, 0.6) is 0 Å². The van der Waals surface area contributed by atoms with Gasteiger partial charge in [-0.25, -0.2) is 22.3 Å². The summed E-state index contributed by atoms with van der Waals surface area (Å²) in [6.45, 7) is 13.4. The van der Waals surface area contributed by atoms with Crippen LogP contribution in [0.1, 0.15) is 41.5 Å². The van der Waals surface area contributed by atoms with Crippen molar-refractivity contribution in [1.82, 2.24) is 0 Å². The molecule has 2 unspecified atom stereocenters. The summed E-state index contributed by atoms with van der Waals surface area (Å²) in [7, 11) is 0. The second-order valence-electron chi connectivity index (χ2n) is 5.90. The molecule has 0 amide bonds. The van der Waals surface area contributed by atoms with E-state index in [1.807, 2.05) is 0 Å². The summed E-state index contributed by atoms with van der Waals surface area (Å²) >= 11 is 0. The number of rotatable bonds is 2. The molecule has 2 aliphatic rings. The number of allylic oxidation sites excluding steroid dienone is 8. The topological polar surface area (TPSA) is 0 Å². The van der Waals surface area contributed by atoms with Crippen molar-refractivity contribution in [3.63, 3.8) is 0 Å². The van der Waals surface area contributed by atoms with Gasteiger partial charge in [-0.05, 0) is 0 Å². The first kappa shape index (κ1) is 22.5. The third kappa shape index (κ3) is 4.13. The van der Waals surface area contributed by atoms with Crippen molar-refractivity contribution in [2.75, 3.05) is 0 Å². The van der Waals surface area contributed by atoms with E-state index in [2.05, 4.69) is 65.8 Å². The summed E-state index contributed by atoms with van der Waals surface area (Å²) in [5, 5.41) is 0. The first-order valence-electron chi connectivity index (χ1n) is 6.48. The Morgan fingerprint density at radius 2 is 1.15 bits per heavy atom. The van der Waals surface area contributed by atoms with E-state index in [1.54, 1.807) is 0 Å². The van der Waals surface area contributed by atoms with Crippen LogP contribution in [-0.2, 0) is 21.7 Å². The van der Waals surface area contributed by atoms with Crippen LogP contribution in [0.2, 0.25) is 0 Å². The molecule has 2 aliphatic carbocycles. The van der Waals surface area contributed by atoms with Gasteiger partial charge in [-0.1, -0.05) is 53.4 Å². The second kappa shape index (κ2) is 8.04. The van der Waals surface area contributed by atoms with Gasteiger partial charge in [0.15, 0.2) is 0 Å². The van der Waals surface area contributed by atoms with Gasteiger partial charge in [0.25, 0.3) is 0 Å². The zero-order chi connectivity index (χ0) is 12.8. The molecule has 0 nitrogen and oxygen atoms in total. The molecule has 0 aromatic carbocycles. The van der Waals surface area contributed by atoms with Crippen molar-refractivity contribution in [2.45, 2.75) is 41.5 Å². The Balaban J connectivity index is 0. The number of hydrogen-bond acceptors (Lipinski definition) is 0. The second-order valence-corrected chi connectivity index (χ2v) is 5.90. The van der Waals surface area contributed by atoms with E-state index in [-0.39, 0.29) is 51.9 Å². The Hall–Kier alpha value is 0.254. The number of halogens is 2. The number of hydrogen-bond donors (Lipinski definition) is 0. The van der Waals surface area contributed by atoms with Crippen molar-refractivity contribution in [3.8, 4) is 0 Å². The van der Waals surface area contributed by atoms with Gasteiger partial charge in [0.2, 0.25) is 0 Å². The molecule has 0 aromatic rings. The molecule has 0 heterocycles. The molecule has 2 rings (SSSR count). The molecule has 0 N–H and O–H groups in total. The van der Waals surface area contributed by atoms with Gasteiger partial charge < -0.3 is 24.8 Å². The van der Waals surface area contributed by atoms with Gasteiger partial charge in [0.05, 0.1) is 0 Å². The predicted molar refractivity (Wildman–Crippen MR) is 73.1 cm³/mol. The molecule has 0 fully saturated rings. The van der Waals surface area contributed by atoms with E-state index >= 15 is 0 Å². The van der Waals surface area contributed by atoms with Crippen LogP contribution in [0, 0.1) is 29.4 Å². The molecule has 0 radical (unpaired) electrons. The van der Waals surface area contributed by atoms with Crippen LogP contribution >= 0.6 is 0 Å². The molecule has 0 saturated carbocycles. The summed E-state index contributed by atoms with van der Waals surface area (Å²) in [6.07, 6.45) is 11.7. The summed E-state index contributed by atoms with van der Waals surface area (Å²) in [5.74, 6) is 0.911. The molecule has 0 bridgehead atoms. The zero-order valence-electron chi connectivity index (χ0n) is 13.1. The van der Waals surface area contributed by atoms with Crippen molar-refractivity contribution < 1.29 is 46.5 Å². The van der Waals surface area contributed by atoms with Gasteiger partial charge in [-0.3, -0.25) is 12.2 Å². The average Bonchev–Trinajstić information content (AvgIpc) is 2.70. The summed E-state index contributed by atoms with van der Waals surface area (Å²) < 4.78 is 0. The maximum absolute atomic E-state index is 3.49. The molecule has 20 heavy (non-hydrogen) atoms. The fraction of sp³-hybridized carbons (Fsp3) is 0.529. The van der Waals surface area contributed by atoms with Gasteiger partial charge >= 0.3 is 21.7 Å². The monoisotopic (exact) mass is 344 g/mol. The minimum Gasteiger partial charge on any atom is -1.00 e. The van der Waals surface area contributed by atoms with E-state index < -0.39 is 0 Å². The van der Waals surface area contributed by atoms with Crippen molar-refractivity contribution in [1.29, 1.82) is 0 Å². The first-order valence-corrected chi connectivity index (χ1v) is 6.48. The normalized spacial score (nSPS) is 24.5. The van der Waals surface area contributed by atoms with Gasteiger partial charge in [-0.15, -0.1) is 5.41 Å². The average molecular weight is 345 g/mol. The van der Waals surface area contributed by atoms with Crippen molar-refractivity contribution in [2.24, 2.45) is 17.3 Å². The smallest absolute Gasteiger partial charge is 1.00 e. The van der Waals surface area contributed by atoms with Crippen LogP contribution in [0.25, 0.3) is 0 Å². The van der Waals surface area contributed by atoms with E-state index in [4.69, 9.17) is 0 Å². The maximum Gasteiger partial charge on any atom is 4.00 e. The Morgan fingerprint density at radius 1 is 0.850 bits per heavy atom. The fourth-order valence-electron chi connectivity index (χ4n) is 3.17. The minimum absolute atomic E-state index is 0. The minimum atomic E-state index is 0. The summed E-state index contributed by atoms with van der Waals surface area (Å²) in [6, 6.07) is 0. The molecule has 0 aliphatic heterocycles. The van der Waals surface area contributed by atoms with Crippen LogP contribution in [0.4, 0.5) is 0 Å². The SMILES string of the molecule is CC1=[C-]C(C)C=C1C(C)(C)C1=CC(C)[C-]=C1C.[Cl-].[Cl-].[Ti+4].